The van der Waals surface area contributed by atoms with Gasteiger partial charge in [0.25, 0.3) is 0 Å². The van der Waals surface area contributed by atoms with Gasteiger partial charge in [-0.2, -0.15) is 0 Å². The van der Waals surface area contributed by atoms with E-state index in [-0.39, 0.29) is 0 Å². The molecule has 3 heteroatoms. The second-order valence-electron chi connectivity index (χ2n) is 6.42. The van der Waals surface area contributed by atoms with Gasteiger partial charge in [0.1, 0.15) is 12.4 Å². The van der Waals surface area contributed by atoms with Crippen LogP contribution in [0.3, 0.4) is 0 Å². The molecule has 0 aliphatic heterocycles. The standard InChI is InChI=1S/C24H22N2O/c1-2-12-22(13-3-1)26-25-17-19-8-6-14-23(16-19)27-18-21-11-7-10-20-9-4-5-15-24(20)21/h1-16,25-26H,17-18H2. The van der Waals surface area contributed by atoms with Gasteiger partial charge in [-0.05, 0) is 46.2 Å². The third-order valence-electron chi connectivity index (χ3n) is 4.47. The quantitative estimate of drug-likeness (QED) is 0.428. The van der Waals surface area contributed by atoms with Gasteiger partial charge in [-0.25, -0.2) is 5.43 Å². The van der Waals surface area contributed by atoms with Crippen LogP contribution in [0.5, 0.6) is 5.75 Å². The topological polar surface area (TPSA) is 33.3 Å². The Bertz CT molecular complexity index is 1010. The molecule has 4 aromatic rings. The Morgan fingerprint density at radius 3 is 2.41 bits per heavy atom. The predicted octanol–water partition coefficient (Wildman–Crippen LogP) is 5.54. The van der Waals surface area contributed by atoms with Crippen LogP contribution in [0.2, 0.25) is 0 Å². The zero-order valence-electron chi connectivity index (χ0n) is 15.1. The van der Waals surface area contributed by atoms with Crippen LogP contribution in [0.1, 0.15) is 11.1 Å². The summed E-state index contributed by atoms with van der Waals surface area (Å²) < 4.78 is 6.06. The van der Waals surface area contributed by atoms with Crippen molar-refractivity contribution in [2.75, 3.05) is 5.43 Å². The number of benzene rings is 4. The van der Waals surface area contributed by atoms with Gasteiger partial charge in [0.2, 0.25) is 0 Å². The number of hydrogen-bond acceptors (Lipinski definition) is 3. The first kappa shape index (κ1) is 17.1. The van der Waals surface area contributed by atoms with E-state index >= 15 is 0 Å². The summed E-state index contributed by atoms with van der Waals surface area (Å²) in [7, 11) is 0. The minimum absolute atomic E-state index is 0.556. The van der Waals surface area contributed by atoms with E-state index in [1.807, 2.05) is 42.5 Å². The number of fused-ring (bicyclic) bond motifs is 1. The van der Waals surface area contributed by atoms with Crippen LogP contribution in [-0.4, -0.2) is 0 Å². The molecule has 3 nitrogen and oxygen atoms in total. The maximum atomic E-state index is 6.06. The Morgan fingerprint density at radius 2 is 1.48 bits per heavy atom. The van der Waals surface area contributed by atoms with Crippen LogP contribution in [0.4, 0.5) is 5.69 Å². The highest BCUT2D eigenvalue weighted by atomic mass is 16.5. The normalized spacial score (nSPS) is 10.7. The van der Waals surface area contributed by atoms with Gasteiger partial charge in [-0.3, -0.25) is 0 Å². The summed E-state index contributed by atoms with van der Waals surface area (Å²) in [6.45, 7) is 1.26. The number of ether oxygens (including phenoxy) is 1. The van der Waals surface area contributed by atoms with E-state index in [0.717, 1.165) is 17.0 Å². The Kier molecular flexibility index (Phi) is 5.32. The summed E-state index contributed by atoms with van der Waals surface area (Å²) in [6.07, 6.45) is 0. The largest absolute Gasteiger partial charge is 0.489 e. The Hall–Kier alpha value is -3.30. The number of nitrogens with one attached hydrogen (secondary N) is 2. The fraction of sp³-hybridized carbons (Fsp3) is 0.0833. The molecule has 4 rings (SSSR count). The molecule has 0 spiro atoms. The molecule has 0 amide bonds. The molecular weight excluding hydrogens is 332 g/mol. The average molecular weight is 354 g/mol. The lowest BCUT2D eigenvalue weighted by molar-refractivity contribution is 0.307. The third kappa shape index (κ3) is 4.46. The average Bonchev–Trinajstić information content (AvgIpc) is 2.73. The molecule has 0 saturated heterocycles. The molecule has 0 aliphatic carbocycles. The van der Waals surface area contributed by atoms with E-state index in [1.54, 1.807) is 0 Å². The van der Waals surface area contributed by atoms with Crippen LogP contribution in [0.25, 0.3) is 10.8 Å². The minimum atomic E-state index is 0.556. The van der Waals surface area contributed by atoms with Gasteiger partial charge in [0.15, 0.2) is 0 Å². The number of hydrazine groups is 1. The Balaban J connectivity index is 1.37. The maximum Gasteiger partial charge on any atom is 0.120 e. The number of hydrogen-bond donors (Lipinski definition) is 2. The fourth-order valence-corrected chi connectivity index (χ4v) is 3.09. The van der Waals surface area contributed by atoms with Gasteiger partial charge >= 0.3 is 0 Å². The van der Waals surface area contributed by atoms with E-state index in [9.17, 15) is 0 Å². The van der Waals surface area contributed by atoms with Crippen molar-refractivity contribution in [1.29, 1.82) is 0 Å². The van der Waals surface area contributed by atoms with Crippen LogP contribution in [0, 0.1) is 0 Å². The highest BCUT2D eigenvalue weighted by molar-refractivity contribution is 5.85. The molecule has 0 radical (unpaired) electrons. The summed E-state index contributed by atoms with van der Waals surface area (Å²) in [4.78, 5) is 0. The van der Waals surface area contributed by atoms with Crippen LogP contribution >= 0.6 is 0 Å². The van der Waals surface area contributed by atoms with Crippen molar-refractivity contribution in [3.63, 3.8) is 0 Å². The lowest BCUT2D eigenvalue weighted by atomic mass is 10.1. The minimum Gasteiger partial charge on any atom is -0.489 e. The smallest absolute Gasteiger partial charge is 0.120 e. The van der Waals surface area contributed by atoms with Crippen LogP contribution in [0.15, 0.2) is 97.1 Å². The zero-order chi connectivity index (χ0) is 18.3. The Morgan fingerprint density at radius 1 is 0.704 bits per heavy atom. The van der Waals surface area contributed by atoms with E-state index in [4.69, 9.17) is 4.74 Å². The van der Waals surface area contributed by atoms with Crippen molar-refractivity contribution < 1.29 is 4.74 Å². The van der Waals surface area contributed by atoms with Crippen molar-refractivity contribution in [1.82, 2.24) is 5.43 Å². The second kappa shape index (κ2) is 8.39. The molecule has 0 unspecified atom stereocenters. The van der Waals surface area contributed by atoms with E-state index < -0.39 is 0 Å². The lowest BCUT2D eigenvalue weighted by Gasteiger charge is -2.11. The molecular formula is C24H22N2O. The molecule has 0 atom stereocenters. The van der Waals surface area contributed by atoms with E-state index in [2.05, 4.69) is 65.4 Å². The Labute approximate surface area is 159 Å². The van der Waals surface area contributed by atoms with Gasteiger partial charge in [-0.1, -0.05) is 72.8 Å². The van der Waals surface area contributed by atoms with Gasteiger partial charge in [0.05, 0.1) is 0 Å². The first-order valence-corrected chi connectivity index (χ1v) is 9.11. The molecule has 2 N–H and O–H groups in total. The molecule has 0 saturated carbocycles. The van der Waals surface area contributed by atoms with Crippen molar-refractivity contribution in [3.8, 4) is 5.75 Å². The molecule has 134 valence electrons. The van der Waals surface area contributed by atoms with Crippen molar-refractivity contribution in [2.24, 2.45) is 0 Å². The SMILES string of the molecule is c1ccc(NNCc2cccc(OCc3cccc4ccccc34)c2)cc1. The maximum absolute atomic E-state index is 6.06. The summed E-state index contributed by atoms with van der Waals surface area (Å²) in [6, 6.07) is 33.0. The van der Waals surface area contributed by atoms with Crippen molar-refractivity contribution in [2.45, 2.75) is 13.2 Å². The molecule has 0 fully saturated rings. The van der Waals surface area contributed by atoms with Gasteiger partial charge in [-0.15, -0.1) is 0 Å². The number of rotatable bonds is 7. The van der Waals surface area contributed by atoms with Crippen LogP contribution in [-0.2, 0) is 13.2 Å². The monoisotopic (exact) mass is 354 g/mol. The zero-order valence-corrected chi connectivity index (χ0v) is 15.1. The first-order chi connectivity index (χ1) is 13.4. The molecule has 0 aromatic heterocycles. The lowest BCUT2D eigenvalue weighted by Crippen LogP contribution is -2.20. The number of para-hydroxylation sites is 1. The first-order valence-electron chi connectivity index (χ1n) is 9.11. The molecule has 4 aromatic carbocycles. The van der Waals surface area contributed by atoms with Crippen molar-refractivity contribution >= 4 is 16.5 Å². The summed E-state index contributed by atoms with van der Waals surface area (Å²) in [5.74, 6) is 0.877. The third-order valence-corrected chi connectivity index (χ3v) is 4.47. The second-order valence-corrected chi connectivity index (χ2v) is 6.42. The molecule has 0 aliphatic rings. The molecule has 0 bridgehead atoms. The van der Waals surface area contributed by atoms with E-state index in [1.165, 1.54) is 16.3 Å². The van der Waals surface area contributed by atoms with Crippen LogP contribution < -0.4 is 15.6 Å². The highest BCUT2D eigenvalue weighted by Crippen LogP contribution is 2.21. The summed E-state index contributed by atoms with van der Waals surface area (Å²) >= 11 is 0. The van der Waals surface area contributed by atoms with Crippen molar-refractivity contribution in [3.05, 3.63) is 108 Å². The molecule has 27 heavy (non-hydrogen) atoms. The molecule has 0 heterocycles. The summed E-state index contributed by atoms with van der Waals surface area (Å²) in [5, 5.41) is 2.48. The fourth-order valence-electron chi connectivity index (χ4n) is 3.09. The predicted molar refractivity (Wildman–Crippen MR) is 112 cm³/mol. The number of anilines is 1. The van der Waals surface area contributed by atoms with Gasteiger partial charge in [0, 0.05) is 12.2 Å². The highest BCUT2D eigenvalue weighted by Gasteiger charge is 2.02. The summed E-state index contributed by atoms with van der Waals surface area (Å²) in [5.41, 5.74) is 9.84. The van der Waals surface area contributed by atoms with E-state index in [0.29, 0.717) is 13.2 Å². The van der Waals surface area contributed by atoms with Gasteiger partial charge < -0.3 is 10.2 Å².